The van der Waals surface area contributed by atoms with Crippen LogP contribution in [0.5, 0.6) is 0 Å². The monoisotopic (exact) mass is 289 g/mol. The third-order valence-corrected chi connectivity index (χ3v) is 3.40. The van der Waals surface area contributed by atoms with Gasteiger partial charge < -0.3 is 5.32 Å². The summed E-state index contributed by atoms with van der Waals surface area (Å²) >= 11 is 0. The van der Waals surface area contributed by atoms with Crippen LogP contribution in [0.3, 0.4) is 0 Å². The molecule has 0 fully saturated rings. The fourth-order valence-electron chi connectivity index (χ4n) is 2.11. The summed E-state index contributed by atoms with van der Waals surface area (Å²) in [6.07, 6.45) is 3.10. The fourth-order valence-corrected chi connectivity index (χ4v) is 2.11. The van der Waals surface area contributed by atoms with Crippen molar-refractivity contribution in [2.45, 2.75) is 39.8 Å². The topological polar surface area (TPSA) is 46.9 Å². The van der Waals surface area contributed by atoms with E-state index < -0.39 is 0 Å². The van der Waals surface area contributed by atoms with E-state index in [9.17, 15) is 9.18 Å². The molecule has 2 rings (SSSR count). The van der Waals surface area contributed by atoms with Crippen molar-refractivity contribution in [1.29, 1.82) is 0 Å². The molecule has 1 aromatic heterocycles. The molecule has 0 saturated heterocycles. The van der Waals surface area contributed by atoms with Crippen molar-refractivity contribution >= 4 is 5.91 Å². The van der Waals surface area contributed by atoms with Crippen LogP contribution in [0.25, 0.3) is 0 Å². The third kappa shape index (κ3) is 4.41. The van der Waals surface area contributed by atoms with Crippen molar-refractivity contribution in [2.75, 3.05) is 0 Å². The predicted molar refractivity (Wildman–Crippen MR) is 79.2 cm³/mol. The molecule has 1 heterocycles. The molecule has 0 unspecified atom stereocenters. The molecular weight excluding hydrogens is 269 g/mol. The first-order valence-electron chi connectivity index (χ1n) is 7.12. The highest BCUT2D eigenvalue weighted by Crippen LogP contribution is 2.09. The van der Waals surface area contributed by atoms with Gasteiger partial charge >= 0.3 is 0 Å². The number of hydrogen-bond acceptors (Lipinski definition) is 2. The van der Waals surface area contributed by atoms with E-state index in [1.165, 1.54) is 12.1 Å². The number of amides is 1. The Morgan fingerprint density at radius 3 is 2.67 bits per heavy atom. The Bertz CT molecular complexity index is 604. The molecule has 0 bridgehead atoms. The Morgan fingerprint density at radius 1 is 1.33 bits per heavy atom. The number of nitrogens with one attached hydrogen (secondary N) is 1. The molecule has 0 aliphatic carbocycles. The van der Waals surface area contributed by atoms with Crippen LogP contribution >= 0.6 is 0 Å². The third-order valence-electron chi connectivity index (χ3n) is 3.40. The minimum atomic E-state index is -0.270. The Kier molecular flexibility index (Phi) is 5.09. The summed E-state index contributed by atoms with van der Waals surface area (Å²) in [7, 11) is 0. The molecule has 0 spiro atoms. The van der Waals surface area contributed by atoms with Gasteiger partial charge in [-0.1, -0.05) is 12.1 Å². The van der Waals surface area contributed by atoms with Crippen molar-refractivity contribution in [3.05, 3.63) is 53.1 Å². The van der Waals surface area contributed by atoms with Crippen molar-refractivity contribution < 1.29 is 9.18 Å². The van der Waals surface area contributed by atoms with Gasteiger partial charge in [0, 0.05) is 25.7 Å². The SMILES string of the molecule is CCn1cc(CCC(=O)NCc2ccc(F)cc2)c(C)n1. The summed E-state index contributed by atoms with van der Waals surface area (Å²) < 4.78 is 14.6. The smallest absolute Gasteiger partial charge is 0.220 e. The second kappa shape index (κ2) is 7.02. The highest BCUT2D eigenvalue weighted by Gasteiger charge is 2.07. The van der Waals surface area contributed by atoms with Crippen LogP contribution in [0.2, 0.25) is 0 Å². The largest absolute Gasteiger partial charge is 0.352 e. The molecule has 0 atom stereocenters. The first-order chi connectivity index (χ1) is 10.1. The van der Waals surface area contributed by atoms with Gasteiger partial charge in [0.15, 0.2) is 0 Å². The highest BCUT2D eigenvalue weighted by atomic mass is 19.1. The number of carbonyl (C=O) groups excluding carboxylic acids is 1. The maximum absolute atomic E-state index is 12.8. The highest BCUT2D eigenvalue weighted by molar-refractivity contribution is 5.76. The van der Waals surface area contributed by atoms with Gasteiger partial charge in [-0.3, -0.25) is 9.48 Å². The van der Waals surface area contributed by atoms with E-state index in [0.717, 1.165) is 23.4 Å². The van der Waals surface area contributed by atoms with Crippen molar-refractivity contribution in [3.63, 3.8) is 0 Å². The van der Waals surface area contributed by atoms with Gasteiger partial charge in [0.2, 0.25) is 5.91 Å². The zero-order valence-corrected chi connectivity index (χ0v) is 12.4. The van der Waals surface area contributed by atoms with Crippen LogP contribution in [0.15, 0.2) is 30.5 Å². The lowest BCUT2D eigenvalue weighted by Gasteiger charge is -2.05. The molecule has 21 heavy (non-hydrogen) atoms. The summed E-state index contributed by atoms with van der Waals surface area (Å²) in [4.78, 5) is 11.8. The number of carbonyl (C=O) groups is 1. The first-order valence-corrected chi connectivity index (χ1v) is 7.12. The van der Waals surface area contributed by atoms with Crippen LogP contribution in [0.1, 0.15) is 30.2 Å². The van der Waals surface area contributed by atoms with Gasteiger partial charge in [-0.05, 0) is 43.5 Å². The Balaban J connectivity index is 1.79. The second-order valence-corrected chi connectivity index (χ2v) is 5.00. The van der Waals surface area contributed by atoms with Crippen molar-refractivity contribution in [1.82, 2.24) is 15.1 Å². The summed E-state index contributed by atoms with van der Waals surface area (Å²) in [5, 5.41) is 7.20. The number of halogens is 1. The van der Waals surface area contributed by atoms with E-state index in [0.29, 0.717) is 19.4 Å². The van der Waals surface area contributed by atoms with Crippen LogP contribution in [-0.4, -0.2) is 15.7 Å². The average molecular weight is 289 g/mol. The minimum absolute atomic E-state index is 0.0111. The van der Waals surface area contributed by atoms with E-state index in [1.54, 1.807) is 12.1 Å². The van der Waals surface area contributed by atoms with Gasteiger partial charge in [-0.2, -0.15) is 5.10 Å². The predicted octanol–water partition coefficient (Wildman–Crippen LogP) is 2.60. The maximum Gasteiger partial charge on any atom is 0.220 e. The lowest BCUT2D eigenvalue weighted by atomic mass is 10.1. The molecule has 0 aliphatic heterocycles. The maximum atomic E-state index is 12.8. The molecule has 1 N–H and O–H groups in total. The minimum Gasteiger partial charge on any atom is -0.352 e. The normalized spacial score (nSPS) is 10.6. The number of rotatable bonds is 6. The lowest BCUT2D eigenvalue weighted by molar-refractivity contribution is -0.121. The first kappa shape index (κ1) is 15.2. The lowest BCUT2D eigenvalue weighted by Crippen LogP contribution is -2.23. The summed E-state index contributed by atoms with van der Waals surface area (Å²) in [6, 6.07) is 6.13. The Hall–Kier alpha value is -2.17. The molecule has 5 heteroatoms. The fraction of sp³-hybridized carbons (Fsp3) is 0.375. The van der Waals surface area contributed by atoms with Gasteiger partial charge in [0.25, 0.3) is 0 Å². The Morgan fingerprint density at radius 2 is 2.05 bits per heavy atom. The molecule has 1 aromatic carbocycles. The summed E-state index contributed by atoms with van der Waals surface area (Å²) in [6.45, 7) is 5.24. The van der Waals surface area contributed by atoms with Crippen LogP contribution in [0.4, 0.5) is 4.39 Å². The second-order valence-electron chi connectivity index (χ2n) is 5.00. The number of nitrogens with zero attached hydrogens (tertiary/aromatic N) is 2. The van der Waals surface area contributed by atoms with Crippen molar-refractivity contribution in [2.24, 2.45) is 0 Å². The molecule has 112 valence electrons. The van der Waals surface area contributed by atoms with Crippen molar-refractivity contribution in [3.8, 4) is 0 Å². The van der Waals surface area contributed by atoms with E-state index in [1.807, 2.05) is 24.7 Å². The van der Waals surface area contributed by atoms with Gasteiger partial charge in [0.05, 0.1) is 5.69 Å². The van der Waals surface area contributed by atoms with E-state index in [2.05, 4.69) is 10.4 Å². The van der Waals surface area contributed by atoms with Gasteiger partial charge in [0.1, 0.15) is 5.82 Å². The quantitative estimate of drug-likeness (QED) is 0.888. The molecule has 0 saturated carbocycles. The van der Waals surface area contributed by atoms with E-state index in [4.69, 9.17) is 0 Å². The van der Waals surface area contributed by atoms with Crippen LogP contribution in [-0.2, 0) is 24.3 Å². The molecule has 2 aromatic rings. The molecule has 4 nitrogen and oxygen atoms in total. The zero-order valence-electron chi connectivity index (χ0n) is 12.4. The molecular formula is C16H20FN3O. The van der Waals surface area contributed by atoms with E-state index >= 15 is 0 Å². The van der Waals surface area contributed by atoms with Gasteiger partial charge in [-0.15, -0.1) is 0 Å². The number of aromatic nitrogens is 2. The Labute approximate surface area is 124 Å². The standard InChI is InChI=1S/C16H20FN3O/c1-3-20-11-14(12(2)19-20)6-9-16(21)18-10-13-4-7-15(17)8-5-13/h4-5,7-8,11H,3,6,9-10H2,1-2H3,(H,18,21). The number of aryl methyl sites for hydroxylation is 3. The van der Waals surface area contributed by atoms with Gasteiger partial charge in [-0.25, -0.2) is 4.39 Å². The van der Waals surface area contributed by atoms with E-state index in [-0.39, 0.29) is 11.7 Å². The molecule has 1 amide bonds. The average Bonchev–Trinajstić information content (AvgIpc) is 2.85. The molecule has 0 aliphatic rings. The van der Waals surface area contributed by atoms with Crippen LogP contribution in [0, 0.1) is 12.7 Å². The summed E-state index contributed by atoms with van der Waals surface area (Å²) in [5.74, 6) is -0.281. The summed E-state index contributed by atoms with van der Waals surface area (Å²) in [5.41, 5.74) is 2.97. The number of benzene rings is 1. The van der Waals surface area contributed by atoms with Crippen LogP contribution < -0.4 is 5.32 Å². The zero-order chi connectivity index (χ0) is 15.2. The molecule has 0 radical (unpaired) electrons. The number of hydrogen-bond donors (Lipinski definition) is 1.